The lowest BCUT2D eigenvalue weighted by molar-refractivity contribution is -0.138. The van der Waals surface area contributed by atoms with E-state index in [1.54, 1.807) is 26.1 Å². The molecule has 0 saturated carbocycles. The van der Waals surface area contributed by atoms with Gasteiger partial charge in [0.05, 0.1) is 6.42 Å². The number of carbonyl (C=O) groups is 11. The molecular formula is C52H87N21O12. The van der Waals surface area contributed by atoms with E-state index in [9.17, 15) is 57.8 Å². The molecule has 85 heavy (non-hydrogen) atoms. The van der Waals surface area contributed by atoms with Crippen LogP contribution in [0.2, 0.25) is 0 Å². The Morgan fingerprint density at radius 2 is 0.953 bits per heavy atom. The molecule has 0 aliphatic carbocycles. The van der Waals surface area contributed by atoms with Gasteiger partial charge in [0, 0.05) is 56.5 Å². The molecular weight excluding hydrogens is 1110 g/mol. The second-order valence-electron chi connectivity index (χ2n) is 20.3. The Bertz CT molecular complexity index is 2650. The van der Waals surface area contributed by atoms with Crippen LogP contribution < -0.4 is 92.9 Å². The number of aromatic nitrogens is 1. The van der Waals surface area contributed by atoms with E-state index < -0.39 is 132 Å². The number of guanidine groups is 3. The third-order valence-corrected chi connectivity index (χ3v) is 13.4. The van der Waals surface area contributed by atoms with Crippen molar-refractivity contribution in [2.45, 2.75) is 159 Å². The van der Waals surface area contributed by atoms with E-state index in [1.165, 1.54) is 0 Å². The van der Waals surface area contributed by atoms with Gasteiger partial charge in [-0.25, -0.2) is 0 Å². The first-order chi connectivity index (χ1) is 40.2. The summed E-state index contributed by atoms with van der Waals surface area (Å²) in [5, 5.41) is 60.8. The Hall–Kier alpha value is -9.30. The van der Waals surface area contributed by atoms with Crippen LogP contribution in [0.3, 0.4) is 0 Å². The van der Waals surface area contributed by atoms with Crippen molar-refractivity contribution in [2.24, 2.45) is 40.3 Å². The number of rotatable bonds is 41. The smallest absolute Gasteiger partial charge is 0.303 e. The number of primary amides is 2. The van der Waals surface area contributed by atoms with Crippen LogP contribution in [-0.2, 0) is 59.2 Å². The van der Waals surface area contributed by atoms with E-state index >= 15 is 0 Å². The number of unbranched alkanes of at least 4 members (excludes halogenated alkanes) is 1. The van der Waals surface area contributed by atoms with Gasteiger partial charge in [0.1, 0.15) is 48.3 Å². The van der Waals surface area contributed by atoms with Crippen molar-refractivity contribution in [1.82, 2.24) is 63.5 Å². The molecule has 33 heteroatoms. The summed E-state index contributed by atoms with van der Waals surface area (Å²) in [7, 11) is 0. The normalized spacial score (nSPS) is 14.1. The molecule has 0 aliphatic rings. The number of carboxylic acid groups (broad SMARTS) is 1. The Morgan fingerprint density at radius 3 is 1.36 bits per heavy atom. The fourth-order valence-corrected chi connectivity index (χ4v) is 8.67. The molecule has 0 bridgehead atoms. The van der Waals surface area contributed by atoms with E-state index in [-0.39, 0.29) is 115 Å². The summed E-state index contributed by atoms with van der Waals surface area (Å²) >= 11 is 0. The standard InChI is InChI=1S/C52H87N21O12/c1-4-27(2)41(73-47(83)35(17-11-23-64-52(60)61)69-46(82)36(66-28(3)74)18-19-40(76)77)49(85)72-38(25-39(54)75)48(84)70-32(14-7-8-20-53)43(79)67-33(15-9-21-62-50(56)57)44(80)68-34(16-10-22-63-51(58)59)45(81)71-37(42(55)78)24-29-26-65-31-13-6-5-12-30(29)31/h5-6,12-13,26-27,32-38,41,65H,4,7-11,14-25,53H2,1-3H3,(H2,54,75)(H2,55,78)(H,66,74)(H,67,79)(H,68,80)(H,69,82)(H,70,84)(H,71,81)(H,72,85)(H,73,83)(H,76,77)(H4,56,57,62)(H4,58,59,63)(H4,60,61,64)/t27-,32-,33-,34-,35-,36-,37-,38-,41-/m0/s1. The van der Waals surface area contributed by atoms with Crippen molar-refractivity contribution in [3.63, 3.8) is 0 Å². The average molecular weight is 1200 g/mol. The van der Waals surface area contributed by atoms with E-state index in [0.717, 1.165) is 17.8 Å². The quantitative estimate of drug-likeness (QED) is 0.0168. The number of aromatic amines is 1. The fourth-order valence-electron chi connectivity index (χ4n) is 8.67. The second kappa shape index (κ2) is 37.7. The number of carbonyl (C=O) groups excluding carboxylic acids is 10. The van der Waals surface area contributed by atoms with Gasteiger partial charge in [-0.1, -0.05) is 38.5 Å². The van der Waals surface area contributed by atoms with Gasteiger partial charge in [0.15, 0.2) is 17.9 Å². The molecule has 0 aliphatic heterocycles. The molecule has 0 radical (unpaired) electrons. The maximum absolute atomic E-state index is 14.4. The minimum absolute atomic E-state index is 0.0245. The number of carboxylic acids is 1. The van der Waals surface area contributed by atoms with Crippen molar-refractivity contribution in [3.05, 3.63) is 36.0 Å². The topological polar surface area (TPSA) is 584 Å². The number of hydrogen-bond acceptors (Lipinski definition) is 15. The van der Waals surface area contributed by atoms with Crippen LogP contribution in [0.25, 0.3) is 10.9 Å². The summed E-state index contributed by atoms with van der Waals surface area (Å²) in [6.45, 7) is 4.76. The molecule has 472 valence electrons. The molecule has 10 amide bonds. The first-order valence-corrected chi connectivity index (χ1v) is 27.8. The monoisotopic (exact) mass is 1200 g/mol. The van der Waals surface area contributed by atoms with Crippen LogP contribution in [0, 0.1) is 22.1 Å². The SMILES string of the molecule is CC[C@H](C)[C@H](NC(=O)[C@H](CCCNC(=N)N)NC(=O)[C@H](CCC(=O)O)NC(C)=O)C(=O)N[C@@H](CC(N)=O)C(=O)N[C@@H](CCCCN)C(=O)N[C@@H](CCCNC(=N)N)C(=O)N[C@@H](CCCNC(=N)N)C(=O)N[C@@H](Cc1c[nH]c2ccccc12)C(N)=O. The number of H-pyrrole nitrogens is 1. The second-order valence-corrected chi connectivity index (χ2v) is 20.3. The predicted molar refractivity (Wildman–Crippen MR) is 313 cm³/mol. The van der Waals surface area contributed by atoms with Gasteiger partial charge >= 0.3 is 5.97 Å². The van der Waals surface area contributed by atoms with E-state index in [0.29, 0.717) is 12.0 Å². The van der Waals surface area contributed by atoms with Gasteiger partial charge in [-0.2, -0.15) is 0 Å². The number of hydrogen-bond donors (Lipinski definition) is 22. The molecule has 0 fully saturated rings. The number of nitrogens with two attached hydrogens (primary N) is 6. The van der Waals surface area contributed by atoms with Gasteiger partial charge in [0.2, 0.25) is 59.1 Å². The molecule has 0 saturated heterocycles. The zero-order valence-corrected chi connectivity index (χ0v) is 48.2. The molecule has 1 aromatic heterocycles. The highest BCUT2D eigenvalue weighted by Crippen LogP contribution is 2.20. The van der Waals surface area contributed by atoms with E-state index in [4.69, 9.17) is 50.6 Å². The summed E-state index contributed by atoms with van der Waals surface area (Å²) in [4.78, 5) is 151. The fraction of sp³-hybridized carbons (Fsp3) is 0.577. The minimum Gasteiger partial charge on any atom is -0.481 e. The van der Waals surface area contributed by atoms with E-state index in [1.807, 2.05) is 18.2 Å². The Kier molecular flexibility index (Phi) is 31.9. The Balaban J connectivity index is 2.51. The van der Waals surface area contributed by atoms with Crippen molar-refractivity contribution in [3.8, 4) is 0 Å². The molecule has 0 unspecified atom stereocenters. The number of nitrogens with one attached hydrogen (secondary N) is 15. The Morgan fingerprint density at radius 1 is 0.541 bits per heavy atom. The van der Waals surface area contributed by atoms with Gasteiger partial charge in [0.25, 0.3) is 0 Å². The van der Waals surface area contributed by atoms with Crippen molar-refractivity contribution < 1.29 is 57.8 Å². The number of benzene rings is 1. The van der Waals surface area contributed by atoms with Crippen molar-refractivity contribution >= 4 is 93.8 Å². The Labute approximate surface area is 491 Å². The summed E-state index contributed by atoms with van der Waals surface area (Å²) < 4.78 is 0. The lowest BCUT2D eigenvalue weighted by atomic mass is 9.96. The van der Waals surface area contributed by atoms with Gasteiger partial charge in [-0.3, -0.25) is 69.0 Å². The molecule has 33 nitrogen and oxygen atoms in total. The zero-order chi connectivity index (χ0) is 63.8. The molecule has 9 atom stereocenters. The third kappa shape index (κ3) is 27.6. The number of fused-ring (bicyclic) bond motifs is 1. The average Bonchev–Trinajstić information content (AvgIpc) is 4.11. The highest BCUT2D eigenvalue weighted by Gasteiger charge is 2.36. The first kappa shape index (κ1) is 71.8. The molecule has 28 N–H and O–H groups in total. The maximum Gasteiger partial charge on any atom is 0.303 e. The molecule has 0 spiro atoms. The number of amides is 10. The van der Waals surface area contributed by atoms with Crippen LogP contribution in [0.1, 0.15) is 110 Å². The van der Waals surface area contributed by atoms with Crippen molar-refractivity contribution in [2.75, 3.05) is 26.2 Å². The first-order valence-electron chi connectivity index (χ1n) is 27.8. The molecule has 1 heterocycles. The van der Waals surface area contributed by atoms with Crippen molar-refractivity contribution in [1.29, 1.82) is 16.2 Å². The van der Waals surface area contributed by atoms with Gasteiger partial charge in [-0.15, -0.1) is 0 Å². The number of aliphatic carboxylic acids is 1. The number of para-hydroxylation sites is 1. The summed E-state index contributed by atoms with van der Waals surface area (Å²) in [6.07, 6.45) is 0.711. The third-order valence-electron chi connectivity index (χ3n) is 13.4. The summed E-state index contributed by atoms with van der Waals surface area (Å²) in [5.41, 5.74) is 34.9. The van der Waals surface area contributed by atoms with Crippen LogP contribution in [-0.4, -0.2) is 168 Å². The minimum atomic E-state index is -1.78. The van der Waals surface area contributed by atoms with Gasteiger partial charge in [-0.05, 0) is 88.3 Å². The van der Waals surface area contributed by atoms with Gasteiger partial charge < -0.3 is 103 Å². The predicted octanol–water partition coefficient (Wildman–Crippen LogP) is -5.20. The highest BCUT2D eigenvalue weighted by molar-refractivity contribution is 5.99. The largest absolute Gasteiger partial charge is 0.481 e. The van der Waals surface area contributed by atoms with Crippen LogP contribution >= 0.6 is 0 Å². The summed E-state index contributed by atoms with van der Waals surface area (Å²) in [5.74, 6) is -12.3. The molecule has 2 aromatic rings. The molecule has 1 aromatic carbocycles. The van der Waals surface area contributed by atoms with E-state index in [2.05, 4.69) is 63.5 Å². The van der Waals surface area contributed by atoms with Crippen LogP contribution in [0.4, 0.5) is 0 Å². The zero-order valence-electron chi connectivity index (χ0n) is 48.2. The van der Waals surface area contributed by atoms with Crippen LogP contribution in [0.15, 0.2) is 30.5 Å². The maximum atomic E-state index is 14.4. The molecule has 2 rings (SSSR count). The van der Waals surface area contributed by atoms with Crippen LogP contribution in [0.5, 0.6) is 0 Å². The highest BCUT2D eigenvalue weighted by atomic mass is 16.4. The summed E-state index contributed by atoms with van der Waals surface area (Å²) in [6, 6.07) is -4.37. The lowest BCUT2D eigenvalue weighted by Gasteiger charge is -2.29. The lowest BCUT2D eigenvalue weighted by Crippen LogP contribution is -2.61.